The molecule has 0 N–H and O–H groups in total. The maximum absolute atomic E-state index is 12.5. The molecule has 0 amide bonds. The standard InChI is InChI=1S/C21H18ClN3O3S/c1-25-20(26)16(11-23)19(24-21(25)29-3)14-6-9-17(18(10-14)27-2)28-12-13-4-7-15(22)8-5-13/h4-10H,12H2,1-3H3. The number of benzene rings is 2. The van der Waals surface area contributed by atoms with Gasteiger partial charge < -0.3 is 9.47 Å². The Labute approximate surface area is 177 Å². The zero-order chi connectivity index (χ0) is 21.0. The molecule has 0 spiro atoms. The van der Waals surface area contributed by atoms with Crippen molar-refractivity contribution in [3.05, 3.63) is 69.0 Å². The fourth-order valence-corrected chi connectivity index (χ4v) is 3.42. The van der Waals surface area contributed by atoms with Gasteiger partial charge in [-0.05, 0) is 42.2 Å². The second-order valence-electron chi connectivity index (χ2n) is 6.08. The second kappa shape index (κ2) is 9.03. The van der Waals surface area contributed by atoms with Crippen LogP contribution in [-0.4, -0.2) is 22.9 Å². The average Bonchev–Trinajstić information content (AvgIpc) is 2.75. The highest BCUT2D eigenvalue weighted by molar-refractivity contribution is 7.98. The van der Waals surface area contributed by atoms with Gasteiger partial charge in [-0.1, -0.05) is 35.5 Å². The Bertz CT molecular complexity index is 1140. The van der Waals surface area contributed by atoms with Crippen LogP contribution in [0.5, 0.6) is 11.5 Å². The lowest BCUT2D eigenvalue weighted by Gasteiger charge is -2.14. The van der Waals surface area contributed by atoms with E-state index < -0.39 is 0 Å². The lowest BCUT2D eigenvalue weighted by Crippen LogP contribution is -2.23. The number of methoxy groups -OCH3 is 1. The van der Waals surface area contributed by atoms with Crippen molar-refractivity contribution in [1.82, 2.24) is 9.55 Å². The molecule has 0 unspecified atom stereocenters. The molecule has 3 rings (SSSR count). The van der Waals surface area contributed by atoms with E-state index in [2.05, 4.69) is 4.98 Å². The van der Waals surface area contributed by atoms with Crippen LogP contribution in [0.2, 0.25) is 5.02 Å². The normalized spacial score (nSPS) is 10.4. The topological polar surface area (TPSA) is 77.1 Å². The van der Waals surface area contributed by atoms with E-state index >= 15 is 0 Å². The number of rotatable bonds is 6. The Morgan fingerprint density at radius 3 is 2.55 bits per heavy atom. The Hall–Kier alpha value is -2.95. The highest BCUT2D eigenvalue weighted by atomic mass is 35.5. The van der Waals surface area contributed by atoms with Gasteiger partial charge in [-0.3, -0.25) is 9.36 Å². The quantitative estimate of drug-likeness (QED) is 0.431. The highest BCUT2D eigenvalue weighted by Gasteiger charge is 2.17. The van der Waals surface area contributed by atoms with E-state index in [1.54, 1.807) is 37.4 Å². The summed E-state index contributed by atoms with van der Waals surface area (Å²) < 4.78 is 12.7. The van der Waals surface area contributed by atoms with Crippen molar-refractivity contribution in [2.75, 3.05) is 13.4 Å². The zero-order valence-corrected chi connectivity index (χ0v) is 17.7. The molecule has 0 aliphatic rings. The largest absolute Gasteiger partial charge is 0.493 e. The van der Waals surface area contributed by atoms with Crippen LogP contribution >= 0.6 is 23.4 Å². The number of halogens is 1. The van der Waals surface area contributed by atoms with Crippen LogP contribution in [0.4, 0.5) is 0 Å². The summed E-state index contributed by atoms with van der Waals surface area (Å²) in [7, 11) is 3.13. The predicted octanol–water partition coefficient (Wildman–Crippen LogP) is 4.28. The van der Waals surface area contributed by atoms with Crippen LogP contribution < -0.4 is 15.0 Å². The summed E-state index contributed by atoms with van der Waals surface area (Å²) in [5.74, 6) is 1.02. The van der Waals surface area contributed by atoms with Crippen LogP contribution in [-0.2, 0) is 13.7 Å². The first-order valence-corrected chi connectivity index (χ1v) is 10.2. The Morgan fingerprint density at radius 1 is 1.21 bits per heavy atom. The van der Waals surface area contributed by atoms with Gasteiger partial charge in [0, 0.05) is 17.6 Å². The molecule has 1 aromatic heterocycles. The van der Waals surface area contributed by atoms with Crippen molar-refractivity contribution >= 4 is 23.4 Å². The van der Waals surface area contributed by atoms with Crippen LogP contribution in [0.3, 0.4) is 0 Å². The van der Waals surface area contributed by atoms with Gasteiger partial charge >= 0.3 is 0 Å². The molecular weight excluding hydrogens is 410 g/mol. The van der Waals surface area contributed by atoms with Gasteiger partial charge in [-0.15, -0.1) is 0 Å². The van der Waals surface area contributed by atoms with E-state index in [9.17, 15) is 10.1 Å². The molecule has 29 heavy (non-hydrogen) atoms. The first-order chi connectivity index (χ1) is 14.0. The summed E-state index contributed by atoms with van der Waals surface area (Å²) in [5, 5.41) is 10.7. The van der Waals surface area contributed by atoms with Crippen LogP contribution in [0, 0.1) is 11.3 Å². The number of aromatic nitrogens is 2. The summed E-state index contributed by atoms with van der Waals surface area (Å²) in [6.07, 6.45) is 1.83. The summed E-state index contributed by atoms with van der Waals surface area (Å²) in [5.41, 5.74) is 1.49. The number of ether oxygens (including phenoxy) is 2. The number of nitrogens with zero attached hydrogens (tertiary/aromatic N) is 3. The van der Waals surface area contributed by atoms with Crippen molar-refractivity contribution in [1.29, 1.82) is 5.26 Å². The maximum Gasteiger partial charge on any atom is 0.272 e. The van der Waals surface area contributed by atoms with Crippen LogP contribution in [0.25, 0.3) is 11.3 Å². The van der Waals surface area contributed by atoms with Gasteiger partial charge in [0.25, 0.3) is 5.56 Å². The van der Waals surface area contributed by atoms with Crippen molar-refractivity contribution in [3.63, 3.8) is 0 Å². The molecule has 0 bridgehead atoms. The van der Waals surface area contributed by atoms with Gasteiger partial charge in [0.1, 0.15) is 18.2 Å². The molecule has 0 saturated carbocycles. The summed E-state index contributed by atoms with van der Waals surface area (Å²) in [6.45, 7) is 0.344. The van der Waals surface area contributed by atoms with Gasteiger partial charge in [-0.2, -0.15) is 5.26 Å². The SMILES string of the molecule is COc1cc(-c2nc(SC)n(C)c(=O)c2C#N)ccc1OCc1ccc(Cl)cc1. The zero-order valence-electron chi connectivity index (χ0n) is 16.1. The fraction of sp³-hybridized carbons (Fsp3) is 0.190. The van der Waals surface area contributed by atoms with E-state index in [1.165, 1.54) is 23.4 Å². The molecular formula is C21H18ClN3O3S. The lowest BCUT2D eigenvalue weighted by atomic mass is 10.1. The molecule has 3 aromatic rings. The van der Waals surface area contributed by atoms with E-state index in [1.807, 2.05) is 24.5 Å². The number of nitriles is 1. The lowest BCUT2D eigenvalue weighted by molar-refractivity contribution is 0.284. The monoisotopic (exact) mass is 427 g/mol. The smallest absolute Gasteiger partial charge is 0.272 e. The molecule has 0 saturated heterocycles. The number of hydrogen-bond donors (Lipinski definition) is 0. The molecule has 1 heterocycles. The van der Waals surface area contributed by atoms with Crippen molar-refractivity contribution in [3.8, 4) is 28.8 Å². The number of hydrogen-bond acceptors (Lipinski definition) is 6. The molecule has 0 aliphatic heterocycles. The van der Waals surface area contributed by atoms with E-state index in [4.69, 9.17) is 21.1 Å². The number of thioether (sulfide) groups is 1. The molecule has 2 aromatic carbocycles. The minimum Gasteiger partial charge on any atom is -0.493 e. The average molecular weight is 428 g/mol. The van der Waals surface area contributed by atoms with Gasteiger partial charge in [-0.25, -0.2) is 4.98 Å². The molecule has 0 atom stereocenters. The second-order valence-corrected chi connectivity index (χ2v) is 7.29. The molecule has 6 nitrogen and oxygen atoms in total. The van der Waals surface area contributed by atoms with Crippen LogP contribution in [0.1, 0.15) is 11.1 Å². The molecule has 0 fully saturated rings. The van der Waals surface area contributed by atoms with Crippen molar-refractivity contribution in [2.24, 2.45) is 7.05 Å². The van der Waals surface area contributed by atoms with Crippen LogP contribution in [0.15, 0.2) is 52.4 Å². The van der Waals surface area contributed by atoms with Crippen molar-refractivity contribution < 1.29 is 9.47 Å². The van der Waals surface area contributed by atoms with E-state index in [0.29, 0.717) is 39.5 Å². The third kappa shape index (κ3) is 4.39. The minimum atomic E-state index is -0.385. The molecule has 0 radical (unpaired) electrons. The molecule has 0 aliphatic carbocycles. The Morgan fingerprint density at radius 2 is 1.93 bits per heavy atom. The Balaban J connectivity index is 1.97. The summed E-state index contributed by atoms with van der Waals surface area (Å²) >= 11 is 7.24. The van der Waals surface area contributed by atoms with E-state index in [-0.39, 0.29) is 11.1 Å². The minimum absolute atomic E-state index is 0.0119. The third-order valence-electron chi connectivity index (χ3n) is 4.29. The first kappa shape index (κ1) is 20.8. The van der Waals surface area contributed by atoms with Gasteiger partial charge in [0.15, 0.2) is 16.7 Å². The predicted molar refractivity (Wildman–Crippen MR) is 114 cm³/mol. The molecule has 148 valence electrons. The summed E-state index contributed by atoms with van der Waals surface area (Å²) in [6, 6.07) is 14.5. The first-order valence-electron chi connectivity index (χ1n) is 8.59. The van der Waals surface area contributed by atoms with Gasteiger partial charge in [0.05, 0.1) is 12.8 Å². The fourth-order valence-electron chi connectivity index (χ4n) is 2.75. The van der Waals surface area contributed by atoms with Gasteiger partial charge in [0.2, 0.25) is 0 Å². The summed E-state index contributed by atoms with van der Waals surface area (Å²) in [4.78, 5) is 17.0. The van der Waals surface area contributed by atoms with Crippen molar-refractivity contribution in [2.45, 2.75) is 11.8 Å². The van der Waals surface area contributed by atoms with E-state index in [0.717, 1.165) is 5.56 Å². The molecule has 8 heteroatoms. The Kier molecular flexibility index (Phi) is 6.47. The highest BCUT2D eigenvalue weighted by Crippen LogP contribution is 2.33. The third-order valence-corrected chi connectivity index (χ3v) is 5.27. The maximum atomic E-state index is 12.5.